The van der Waals surface area contributed by atoms with E-state index in [4.69, 9.17) is 15.2 Å². The van der Waals surface area contributed by atoms with Gasteiger partial charge in [0.05, 0.1) is 0 Å². The first kappa shape index (κ1) is 18.8. The van der Waals surface area contributed by atoms with E-state index < -0.39 is 5.97 Å². The Morgan fingerprint density at radius 2 is 1.80 bits per heavy atom. The van der Waals surface area contributed by atoms with Gasteiger partial charge >= 0.3 is 5.97 Å². The van der Waals surface area contributed by atoms with Gasteiger partial charge in [0.1, 0.15) is 5.75 Å². The number of esters is 1. The fourth-order valence-corrected chi connectivity index (χ4v) is 2.63. The van der Waals surface area contributed by atoms with Crippen LogP contribution in [0, 0.1) is 19.8 Å². The van der Waals surface area contributed by atoms with Crippen LogP contribution in [0.3, 0.4) is 0 Å². The van der Waals surface area contributed by atoms with Crippen LogP contribution in [0.4, 0.5) is 0 Å². The lowest BCUT2D eigenvalue weighted by molar-refractivity contribution is -0.154. The lowest BCUT2D eigenvalue weighted by Crippen LogP contribution is -2.43. The summed E-state index contributed by atoms with van der Waals surface area (Å²) >= 11 is 0. The highest BCUT2D eigenvalue weighted by atomic mass is 16.6. The number of hydrogen-bond donors (Lipinski definition) is 1. The van der Waals surface area contributed by atoms with Crippen LogP contribution in [0.15, 0.2) is 18.2 Å². The number of ether oxygens (including phenoxy) is 2. The van der Waals surface area contributed by atoms with Crippen LogP contribution in [0.25, 0.3) is 0 Å². The summed E-state index contributed by atoms with van der Waals surface area (Å²) in [6.45, 7) is 4.27. The molecule has 0 atom stereocenters. The molecule has 2 rings (SSSR count). The molecular weight excluding hydrogens is 324 g/mol. The molecule has 0 aliphatic carbocycles. The monoisotopic (exact) mass is 348 g/mol. The van der Waals surface area contributed by atoms with Crippen LogP contribution in [0.5, 0.6) is 5.75 Å². The van der Waals surface area contributed by atoms with Gasteiger partial charge in [-0.15, -0.1) is 0 Å². The Hall–Kier alpha value is -2.57. The van der Waals surface area contributed by atoms with Gasteiger partial charge in [-0.05, 0) is 49.9 Å². The van der Waals surface area contributed by atoms with Crippen molar-refractivity contribution >= 4 is 17.8 Å². The molecule has 136 valence electrons. The quantitative estimate of drug-likeness (QED) is 0.772. The van der Waals surface area contributed by atoms with Crippen molar-refractivity contribution in [3.8, 4) is 5.75 Å². The Labute approximate surface area is 147 Å². The van der Waals surface area contributed by atoms with E-state index in [2.05, 4.69) is 0 Å². The third-order valence-corrected chi connectivity index (χ3v) is 4.44. The molecule has 0 saturated carbocycles. The second kappa shape index (κ2) is 8.50. The summed E-state index contributed by atoms with van der Waals surface area (Å²) in [6.07, 6.45) is 1.09. The predicted octanol–water partition coefficient (Wildman–Crippen LogP) is 0.949. The number of hydrogen-bond acceptors (Lipinski definition) is 5. The van der Waals surface area contributed by atoms with Crippen LogP contribution in [0.1, 0.15) is 24.0 Å². The zero-order chi connectivity index (χ0) is 18.4. The fraction of sp³-hybridized carbons (Fsp3) is 0.500. The Bertz CT molecular complexity index is 651. The molecule has 0 radical (unpaired) electrons. The normalized spacial score (nSPS) is 14.9. The van der Waals surface area contributed by atoms with Gasteiger partial charge in [-0.1, -0.05) is 6.07 Å². The van der Waals surface area contributed by atoms with E-state index in [0.29, 0.717) is 31.7 Å². The molecule has 1 aliphatic rings. The standard InChI is InChI=1S/C18H24N2O5/c1-12-3-4-15(9-13(12)2)24-11-17(22)25-10-16(21)20-7-5-14(6-8-20)18(19)23/h3-4,9,14H,5-8,10-11H2,1-2H3,(H2,19,23). The van der Waals surface area contributed by atoms with Gasteiger partial charge in [-0.2, -0.15) is 0 Å². The highest BCUT2D eigenvalue weighted by Crippen LogP contribution is 2.17. The Kier molecular flexibility index (Phi) is 6.38. The number of likely N-dealkylation sites (tertiary alicyclic amines) is 1. The molecular formula is C18H24N2O5. The third kappa shape index (κ3) is 5.48. The van der Waals surface area contributed by atoms with Gasteiger partial charge in [-0.3, -0.25) is 9.59 Å². The lowest BCUT2D eigenvalue weighted by Gasteiger charge is -2.30. The molecule has 1 fully saturated rings. The Morgan fingerprint density at radius 3 is 2.40 bits per heavy atom. The van der Waals surface area contributed by atoms with Gasteiger partial charge in [0.2, 0.25) is 5.91 Å². The summed E-state index contributed by atoms with van der Waals surface area (Å²) in [5.41, 5.74) is 7.47. The molecule has 1 saturated heterocycles. The van der Waals surface area contributed by atoms with E-state index in [1.54, 1.807) is 11.0 Å². The number of benzene rings is 1. The van der Waals surface area contributed by atoms with Crippen molar-refractivity contribution in [2.45, 2.75) is 26.7 Å². The Morgan fingerprint density at radius 1 is 1.12 bits per heavy atom. The molecule has 7 heteroatoms. The van der Waals surface area contributed by atoms with Crippen molar-refractivity contribution in [3.05, 3.63) is 29.3 Å². The number of nitrogens with zero attached hydrogens (tertiary/aromatic N) is 1. The smallest absolute Gasteiger partial charge is 0.344 e. The number of carbonyl (C=O) groups is 3. The topological polar surface area (TPSA) is 98.9 Å². The SMILES string of the molecule is Cc1ccc(OCC(=O)OCC(=O)N2CCC(C(N)=O)CC2)cc1C. The molecule has 1 aromatic rings. The van der Waals surface area contributed by atoms with E-state index >= 15 is 0 Å². The average Bonchev–Trinajstić information content (AvgIpc) is 2.60. The number of rotatable bonds is 6. The molecule has 0 unspecified atom stereocenters. The number of amides is 2. The summed E-state index contributed by atoms with van der Waals surface area (Å²) in [5.74, 6) is -0.805. The van der Waals surface area contributed by atoms with Gasteiger partial charge in [0, 0.05) is 19.0 Å². The Balaban J connectivity index is 1.70. The number of piperidine rings is 1. The molecule has 1 heterocycles. The maximum absolute atomic E-state index is 12.0. The van der Waals surface area contributed by atoms with Gasteiger partial charge in [0.15, 0.2) is 13.2 Å². The number of aryl methyl sites for hydroxylation is 2. The molecule has 0 spiro atoms. The van der Waals surface area contributed by atoms with Crippen molar-refractivity contribution in [3.63, 3.8) is 0 Å². The molecule has 2 N–H and O–H groups in total. The largest absolute Gasteiger partial charge is 0.482 e. The number of nitrogens with two attached hydrogens (primary N) is 1. The van der Waals surface area contributed by atoms with E-state index in [1.165, 1.54) is 0 Å². The average molecular weight is 348 g/mol. The second-order valence-electron chi connectivity index (χ2n) is 6.25. The van der Waals surface area contributed by atoms with Crippen LogP contribution >= 0.6 is 0 Å². The highest BCUT2D eigenvalue weighted by Gasteiger charge is 2.26. The number of primary amides is 1. The molecule has 25 heavy (non-hydrogen) atoms. The maximum atomic E-state index is 12.0. The minimum absolute atomic E-state index is 0.182. The molecule has 7 nitrogen and oxygen atoms in total. The van der Waals surface area contributed by atoms with Gasteiger partial charge in [-0.25, -0.2) is 4.79 Å². The van der Waals surface area contributed by atoms with Crippen LogP contribution in [-0.2, 0) is 19.1 Å². The predicted molar refractivity (Wildman–Crippen MR) is 90.9 cm³/mol. The fourth-order valence-electron chi connectivity index (χ4n) is 2.63. The van der Waals surface area contributed by atoms with Crippen LogP contribution in [-0.4, -0.2) is 49.0 Å². The van der Waals surface area contributed by atoms with E-state index in [1.807, 2.05) is 26.0 Å². The summed E-state index contributed by atoms with van der Waals surface area (Å²) < 4.78 is 10.3. The molecule has 0 aromatic heterocycles. The molecule has 1 aromatic carbocycles. The van der Waals surface area contributed by atoms with E-state index in [0.717, 1.165) is 11.1 Å². The van der Waals surface area contributed by atoms with Gasteiger partial charge in [0.25, 0.3) is 5.91 Å². The summed E-state index contributed by atoms with van der Waals surface area (Å²) in [7, 11) is 0. The van der Waals surface area contributed by atoms with E-state index in [-0.39, 0.29) is 30.9 Å². The highest BCUT2D eigenvalue weighted by molar-refractivity contribution is 5.82. The van der Waals surface area contributed by atoms with Crippen molar-refractivity contribution in [1.82, 2.24) is 4.90 Å². The minimum Gasteiger partial charge on any atom is -0.482 e. The first-order chi connectivity index (χ1) is 11.9. The zero-order valence-electron chi connectivity index (χ0n) is 14.6. The van der Waals surface area contributed by atoms with Crippen molar-refractivity contribution in [2.75, 3.05) is 26.3 Å². The van der Waals surface area contributed by atoms with Crippen LogP contribution < -0.4 is 10.5 Å². The maximum Gasteiger partial charge on any atom is 0.344 e. The third-order valence-electron chi connectivity index (χ3n) is 4.44. The summed E-state index contributed by atoms with van der Waals surface area (Å²) in [6, 6.07) is 5.54. The van der Waals surface area contributed by atoms with Crippen molar-refractivity contribution < 1.29 is 23.9 Å². The second-order valence-corrected chi connectivity index (χ2v) is 6.25. The number of carbonyl (C=O) groups excluding carboxylic acids is 3. The minimum atomic E-state index is -0.599. The molecule has 1 aliphatic heterocycles. The first-order valence-corrected chi connectivity index (χ1v) is 8.29. The molecule has 2 amide bonds. The first-order valence-electron chi connectivity index (χ1n) is 8.29. The zero-order valence-corrected chi connectivity index (χ0v) is 14.6. The van der Waals surface area contributed by atoms with Crippen LogP contribution in [0.2, 0.25) is 0 Å². The lowest BCUT2D eigenvalue weighted by atomic mass is 9.96. The summed E-state index contributed by atoms with van der Waals surface area (Å²) in [4.78, 5) is 36.4. The van der Waals surface area contributed by atoms with E-state index in [9.17, 15) is 14.4 Å². The summed E-state index contributed by atoms with van der Waals surface area (Å²) in [5, 5.41) is 0. The van der Waals surface area contributed by atoms with Gasteiger partial charge < -0.3 is 20.1 Å². The van der Waals surface area contributed by atoms with Crippen molar-refractivity contribution in [1.29, 1.82) is 0 Å². The van der Waals surface area contributed by atoms with Crippen molar-refractivity contribution in [2.24, 2.45) is 11.7 Å². The molecule has 0 bridgehead atoms.